The quantitative estimate of drug-likeness (QED) is 0.634. The monoisotopic (exact) mass is 304 g/mol. The van der Waals surface area contributed by atoms with E-state index in [2.05, 4.69) is 0 Å². The van der Waals surface area contributed by atoms with Crippen molar-refractivity contribution in [1.82, 2.24) is 0 Å². The van der Waals surface area contributed by atoms with Gasteiger partial charge in [0.05, 0.1) is 17.1 Å². The van der Waals surface area contributed by atoms with Gasteiger partial charge in [0.15, 0.2) is 0 Å². The van der Waals surface area contributed by atoms with Gasteiger partial charge in [-0.1, -0.05) is 38.1 Å². The average Bonchev–Trinajstić information content (AvgIpc) is 2.65. The first-order valence-corrected chi connectivity index (χ1v) is 7.73. The number of carbonyl (C=O) groups is 1. The molecule has 1 aliphatic rings. The van der Waals surface area contributed by atoms with Gasteiger partial charge in [-0.15, -0.1) is 0 Å². The predicted octanol–water partition coefficient (Wildman–Crippen LogP) is 2.69. The normalized spacial score (nSPS) is 19.5. The maximum Gasteiger partial charge on any atom is 0.494 e. The maximum absolute atomic E-state index is 11.5. The molecule has 0 bridgehead atoms. The van der Waals surface area contributed by atoms with Gasteiger partial charge in [-0.25, -0.2) is 0 Å². The first-order chi connectivity index (χ1) is 10.1. The molecule has 1 fully saturated rings. The molecule has 2 rings (SSSR count). The molecule has 1 aromatic carbocycles. The van der Waals surface area contributed by atoms with Gasteiger partial charge in [-0.05, 0) is 38.7 Å². The highest BCUT2D eigenvalue weighted by atomic mass is 16.7. The topological polar surface area (TPSA) is 44.8 Å². The van der Waals surface area contributed by atoms with Crippen molar-refractivity contribution in [3.8, 4) is 0 Å². The molecule has 1 aliphatic heterocycles. The number of ether oxygens (including phenoxy) is 1. The SMILES string of the molecule is CC(C)C(=O)OCc1ccc(B2OC(C)(C)C(C)(C)O2)cc1. The lowest BCUT2D eigenvalue weighted by Gasteiger charge is -2.32. The number of carbonyl (C=O) groups excluding carboxylic acids is 1. The molecular formula is C17H25BO4. The first kappa shape index (κ1) is 17.0. The Morgan fingerprint density at radius 2 is 1.59 bits per heavy atom. The Labute approximate surface area is 133 Å². The van der Waals surface area contributed by atoms with Crippen molar-refractivity contribution in [2.24, 2.45) is 5.92 Å². The van der Waals surface area contributed by atoms with Crippen molar-refractivity contribution < 1.29 is 18.8 Å². The highest BCUT2D eigenvalue weighted by molar-refractivity contribution is 6.62. The summed E-state index contributed by atoms with van der Waals surface area (Å²) < 4.78 is 17.2. The molecule has 5 heteroatoms. The molecule has 0 spiro atoms. The largest absolute Gasteiger partial charge is 0.494 e. The molecule has 0 atom stereocenters. The van der Waals surface area contributed by atoms with Crippen LogP contribution in [0.4, 0.5) is 0 Å². The third-order valence-corrected chi connectivity index (χ3v) is 4.36. The van der Waals surface area contributed by atoms with E-state index in [-0.39, 0.29) is 30.2 Å². The van der Waals surface area contributed by atoms with Gasteiger partial charge in [-0.2, -0.15) is 0 Å². The molecule has 120 valence electrons. The fourth-order valence-corrected chi connectivity index (χ4v) is 2.07. The first-order valence-electron chi connectivity index (χ1n) is 7.73. The van der Waals surface area contributed by atoms with Crippen LogP contribution in [-0.4, -0.2) is 24.3 Å². The minimum Gasteiger partial charge on any atom is -0.461 e. The Balaban J connectivity index is 2.00. The standard InChI is InChI=1S/C17H25BO4/c1-12(2)15(19)20-11-13-7-9-14(10-8-13)18-21-16(3,4)17(5,6)22-18/h7-10,12H,11H2,1-6H3. The third kappa shape index (κ3) is 3.53. The summed E-state index contributed by atoms with van der Waals surface area (Å²) in [4.78, 5) is 11.5. The van der Waals surface area contributed by atoms with Crippen LogP contribution < -0.4 is 5.46 Å². The lowest BCUT2D eigenvalue weighted by atomic mass is 9.79. The summed E-state index contributed by atoms with van der Waals surface area (Å²) in [5.74, 6) is -0.293. The molecule has 0 aliphatic carbocycles. The fraction of sp³-hybridized carbons (Fsp3) is 0.588. The van der Waals surface area contributed by atoms with Crippen LogP contribution >= 0.6 is 0 Å². The fourth-order valence-electron chi connectivity index (χ4n) is 2.07. The van der Waals surface area contributed by atoms with Crippen molar-refractivity contribution in [3.05, 3.63) is 29.8 Å². The lowest BCUT2D eigenvalue weighted by Crippen LogP contribution is -2.41. The molecule has 4 nitrogen and oxygen atoms in total. The van der Waals surface area contributed by atoms with Crippen LogP contribution in [0.1, 0.15) is 47.1 Å². The number of hydrogen-bond donors (Lipinski definition) is 0. The number of hydrogen-bond acceptors (Lipinski definition) is 4. The van der Waals surface area contributed by atoms with Crippen LogP contribution in [0.2, 0.25) is 0 Å². The second-order valence-corrected chi connectivity index (χ2v) is 7.09. The summed E-state index contributed by atoms with van der Waals surface area (Å²) in [5, 5.41) is 0. The van der Waals surface area contributed by atoms with Gasteiger partial charge in [-0.3, -0.25) is 4.79 Å². The van der Waals surface area contributed by atoms with E-state index in [0.717, 1.165) is 11.0 Å². The molecule has 0 amide bonds. The van der Waals surface area contributed by atoms with E-state index in [1.54, 1.807) is 0 Å². The zero-order valence-corrected chi connectivity index (χ0v) is 14.3. The molecule has 0 unspecified atom stereocenters. The summed E-state index contributed by atoms with van der Waals surface area (Å²) in [6, 6.07) is 7.79. The minimum absolute atomic E-state index is 0.107. The molecule has 0 N–H and O–H groups in total. The van der Waals surface area contributed by atoms with Gasteiger partial charge < -0.3 is 14.0 Å². The zero-order chi connectivity index (χ0) is 16.5. The summed E-state index contributed by atoms with van der Waals surface area (Å²) in [6.07, 6.45) is 0. The molecule has 1 saturated heterocycles. The van der Waals surface area contributed by atoms with Crippen LogP contribution in [0.5, 0.6) is 0 Å². The van der Waals surface area contributed by atoms with Gasteiger partial charge in [0, 0.05) is 0 Å². The van der Waals surface area contributed by atoms with Gasteiger partial charge in [0.1, 0.15) is 6.61 Å². The number of benzene rings is 1. The van der Waals surface area contributed by atoms with E-state index in [9.17, 15) is 4.79 Å². The Kier molecular flexibility index (Phi) is 4.69. The van der Waals surface area contributed by atoms with Crippen molar-refractivity contribution in [3.63, 3.8) is 0 Å². The van der Waals surface area contributed by atoms with Crippen molar-refractivity contribution in [2.75, 3.05) is 0 Å². The zero-order valence-electron chi connectivity index (χ0n) is 14.3. The van der Waals surface area contributed by atoms with Crippen LogP contribution in [-0.2, 0) is 25.4 Å². The van der Waals surface area contributed by atoms with E-state index >= 15 is 0 Å². The second-order valence-electron chi connectivity index (χ2n) is 7.09. The van der Waals surface area contributed by atoms with E-state index in [0.29, 0.717) is 6.61 Å². The Morgan fingerprint density at radius 3 is 2.05 bits per heavy atom. The average molecular weight is 304 g/mol. The smallest absolute Gasteiger partial charge is 0.461 e. The number of rotatable bonds is 4. The lowest BCUT2D eigenvalue weighted by molar-refractivity contribution is -0.148. The molecule has 1 aromatic rings. The highest BCUT2D eigenvalue weighted by Gasteiger charge is 2.51. The Morgan fingerprint density at radius 1 is 1.09 bits per heavy atom. The molecule has 0 aromatic heterocycles. The number of esters is 1. The van der Waals surface area contributed by atoms with E-state index in [4.69, 9.17) is 14.0 Å². The second kappa shape index (κ2) is 6.05. The van der Waals surface area contributed by atoms with Crippen LogP contribution in [0.15, 0.2) is 24.3 Å². The molecule has 0 saturated carbocycles. The minimum atomic E-state index is -0.364. The molecular weight excluding hydrogens is 279 g/mol. The van der Waals surface area contributed by atoms with Gasteiger partial charge >= 0.3 is 13.1 Å². The van der Waals surface area contributed by atoms with Crippen LogP contribution in [0.3, 0.4) is 0 Å². The highest BCUT2D eigenvalue weighted by Crippen LogP contribution is 2.36. The summed E-state index contributed by atoms with van der Waals surface area (Å²) in [5.41, 5.74) is 1.23. The third-order valence-electron chi connectivity index (χ3n) is 4.36. The molecule has 22 heavy (non-hydrogen) atoms. The molecule has 0 radical (unpaired) electrons. The maximum atomic E-state index is 11.5. The Bertz CT molecular complexity index is 518. The van der Waals surface area contributed by atoms with E-state index < -0.39 is 0 Å². The van der Waals surface area contributed by atoms with E-state index in [1.165, 1.54) is 0 Å². The predicted molar refractivity (Wildman–Crippen MR) is 86.8 cm³/mol. The van der Waals surface area contributed by atoms with E-state index in [1.807, 2.05) is 65.8 Å². The summed E-state index contributed by atoms with van der Waals surface area (Å²) in [6.45, 7) is 12.1. The van der Waals surface area contributed by atoms with Crippen LogP contribution in [0.25, 0.3) is 0 Å². The summed E-state index contributed by atoms with van der Waals surface area (Å²) in [7, 11) is -0.364. The van der Waals surface area contributed by atoms with Crippen molar-refractivity contribution in [2.45, 2.75) is 59.4 Å². The Hall–Kier alpha value is -1.33. The van der Waals surface area contributed by atoms with Gasteiger partial charge in [0.2, 0.25) is 0 Å². The molecule has 1 heterocycles. The summed E-state index contributed by atoms with van der Waals surface area (Å²) >= 11 is 0. The van der Waals surface area contributed by atoms with Crippen LogP contribution in [0, 0.1) is 5.92 Å². The van der Waals surface area contributed by atoms with Crippen molar-refractivity contribution in [1.29, 1.82) is 0 Å². The van der Waals surface area contributed by atoms with Crippen molar-refractivity contribution >= 4 is 18.6 Å². The van der Waals surface area contributed by atoms with Gasteiger partial charge in [0.25, 0.3) is 0 Å².